The number of nitrogens with zero attached hydrogens (tertiary/aromatic N) is 7. The molecule has 3 aliphatic rings. The van der Waals surface area contributed by atoms with E-state index < -0.39 is 0 Å². The van der Waals surface area contributed by atoms with Gasteiger partial charge in [-0.05, 0) is 37.6 Å². The van der Waals surface area contributed by atoms with E-state index in [9.17, 15) is 0 Å². The number of aryl methyl sites for hydroxylation is 1. The molecule has 2 N–H and O–H groups in total. The van der Waals surface area contributed by atoms with Crippen molar-refractivity contribution in [3.05, 3.63) is 66.4 Å². The second kappa shape index (κ2) is 7.49. The molecule has 3 saturated heterocycles. The second-order valence-corrected chi connectivity index (χ2v) is 8.61. The fraction of sp³-hybridized carbons (Fsp3) is 0.292. The first kappa shape index (κ1) is 19.1. The number of para-hydroxylation sites is 1. The van der Waals surface area contributed by atoms with Crippen LogP contribution < -0.4 is 10.6 Å². The standard InChI is InChI=1S/C24H24N8/c1-15-26-9-16(10-27-15)12-32-18-8-19(32)14-31(13-18)22-7-6-17(11-28-22)24-29-21-5-3-2-4-20(21)23(25)30-24/h2-7,9-11,18-19H,8,12-14H2,1H3,(H2,25,29,30). The molecule has 7 rings (SSSR count). The van der Waals surface area contributed by atoms with Crippen molar-refractivity contribution in [2.45, 2.75) is 32.0 Å². The first-order chi connectivity index (χ1) is 15.6. The van der Waals surface area contributed by atoms with Crippen molar-refractivity contribution < 1.29 is 0 Å². The summed E-state index contributed by atoms with van der Waals surface area (Å²) in [6, 6.07) is 13.0. The van der Waals surface area contributed by atoms with Crippen molar-refractivity contribution in [3.63, 3.8) is 0 Å². The maximum atomic E-state index is 6.14. The van der Waals surface area contributed by atoms with E-state index >= 15 is 0 Å². The minimum Gasteiger partial charge on any atom is -0.383 e. The number of pyridine rings is 1. The summed E-state index contributed by atoms with van der Waals surface area (Å²) < 4.78 is 0. The smallest absolute Gasteiger partial charge is 0.163 e. The van der Waals surface area contributed by atoms with Crippen molar-refractivity contribution >= 4 is 22.5 Å². The Labute approximate surface area is 186 Å². The van der Waals surface area contributed by atoms with Crippen molar-refractivity contribution in [3.8, 4) is 11.4 Å². The van der Waals surface area contributed by atoms with Gasteiger partial charge in [-0.15, -0.1) is 0 Å². The minimum atomic E-state index is 0.491. The van der Waals surface area contributed by atoms with E-state index in [0.29, 0.717) is 23.7 Å². The Hall–Kier alpha value is -3.65. The van der Waals surface area contributed by atoms with Crippen LogP contribution in [-0.4, -0.2) is 55.0 Å². The zero-order chi connectivity index (χ0) is 21.7. The number of rotatable bonds is 4. The highest BCUT2D eigenvalue weighted by atomic mass is 15.4. The molecule has 3 aliphatic heterocycles. The molecular weight excluding hydrogens is 400 g/mol. The summed E-state index contributed by atoms with van der Waals surface area (Å²) in [6.45, 7) is 4.79. The molecule has 0 radical (unpaired) electrons. The first-order valence-electron chi connectivity index (χ1n) is 10.9. The van der Waals surface area contributed by atoms with Crippen LogP contribution >= 0.6 is 0 Å². The number of piperazine rings is 1. The van der Waals surface area contributed by atoms with Crippen LogP contribution in [0.5, 0.6) is 0 Å². The van der Waals surface area contributed by atoms with Crippen molar-refractivity contribution in [2.75, 3.05) is 23.7 Å². The fourth-order valence-electron chi connectivity index (χ4n) is 4.78. The van der Waals surface area contributed by atoms with Gasteiger partial charge in [0.25, 0.3) is 0 Å². The van der Waals surface area contributed by atoms with Gasteiger partial charge in [0, 0.05) is 66.8 Å². The van der Waals surface area contributed by atoms with Gasteiger partial charge in [0.05, 0.1) is 5.52 Å². The molecule has 2 bridgehead atoms. The average molecular weight is 425 g/mol. The van der Waals surface area contributed by atoms with Crippen LogP contribution in [0.1, 0.15) is 17.8 Å². The number of nitrogens with two attached hydrogens (primary N) is 1. The molecule has 4 aromatic rings. The molecule has 3 fully saturated rings. The average Bonchev–Trinajstić information content (AvgIpc) is 2.84. The van der Waals surface area contributed by atoms with E-state index in [1.165, 1.54) is 12.0 Å². The molecule has 8 nitrogen and oxygen atoms in total. The number of piperidine rings is 1. The number of fused-ring (bicyclic) bond motifs is 3. The number of hydrogen-bond acceptors (Lipinski definition) is 8. The highest BCUT2D eigenvalue weighted by molar-refractivity contribution is 5.89. The Morgan fingerprint density at radius 2 is 1.72 bits per heavy atom. The van der Waals surface area contributed by atoms with Crippen LogP contribution in [-0.2, 0) is 6.54 Å². The Morgan fingerprint density at radius 1 is 0.938 bits per heavy atom. The van der Waals surface area contributed by atoms with E-state index in [1.807, 2.05) is 55.8 Å². The summed E-state index contributed by atoms with van der Waals surface area (Å²) in [5, 5.41) is 0.870. The van der Waals surface area contributed by atoms with Crippen LogP contribution in [0.4, 0.5) is 11.6 Å². The number of benzene rings is 1. The lowest BCUT2D eigenvalue weighted by molar-refractivity contribution is -0.00884. The van der Waals surface area contributed by atoms with E-state index in [4.69, 9.17) is 10.7 Å². The van der Waals surface area contributed by atoms with Crippen LogP contribution in [0.15, 0.2) is 55.0 Å². The van der Waals surface area contributed by atoms with E-state index in [1.54, 1.807) is 0 Å². The van der Waals surface area contributed by atoms with Gasteiger partial charge in [0.1, 0.15) is 17.5 Å². The maximum Gasteiger partial charge on any atom is 0.163 e. The van der Waals surface area contributed by atoms with Crippen LogP contribution in [0, 0.1) is 6.92 Å². The third-order valence-electron chi connectivity index (χ3n) is 6.51. The highest BCUT2D eigenvalue weighted by Gasteiger charge is 2.44. The van der Waals surface area contributed by atoms with Crippen LogP contribution in [0.2, 0.25) is 0 Å². The molecule has 0 spiro atoms. The minimum absolute atomic E-state index is 0.491. The Bertz CT molecular complexity index is 1260. The van der Waals surface area contributed by atoms with Crippen molar-refractivity contribution in [1.29, 1.82) is 0 Å². The van der Waals surface area contributed by atoms with E-state index in [-0.39, 0.29) is 0 Å². The lowest BCUT2D eigenvalue weighted by atomic mass is 9.87. The zero-order valence-corrected chi connectivity index (χ0v) is 17.9. The van der Waals surface area contributed by atoms with E-state index in [0.717, 1.165) is 47.7 Å². The molecule has 160 valence electrons. The second-order valence-electron chi connectivity index (χ2n) is 8.61. The quantitative estimate of drug-likeness (QED) is 0.534. The Balaban J connectivity index is 1.16. The largest absolute Gasteiger partial charge is 0.383 e. The lowest BCUT2D eigenvalue weighted by Crippen LogP contribution is -2.68. The van der Waals surface area contributed by atoms with Crippen LogP contribution in [0.3, 0.4) is 0 Å². The SMILES string of the molecule is Cc1ncc(CN2C3CC2CN(c2ccc(-c4nc(N)c5ccccc5n4)cn2)C3)cn1. The third kappa shape index (κ3) is 3.33. The van der Waals surface area contributed by atoms with Gasteiger partial charge in [-0.25, -0.2) is 24.9 Å². The summed E-state index contributed by atoms with van der Waals surface area (Å²) in [4.78, 5) is 27.5. The molecule has 0 saturated carbocycles. The molecule has 3 aromatic heterocycles. The van der Waals surface area contributed by atoms with Gasteiger partial charge < -0.3 is 10.6 Å². The van der Waals surface area contributed by atoms with Gasteiger partial charge in [-0.1, -0.05) is 12.1 Å². The predicted molar refractivity (Wildman–Crippen MR) is 124 cm³/mol. The molecule has 0 amide bonds. The summed E-state index contributed by atoms with van der Waals surface area (Å²) in [7, 11) is 0. The molecular formula is C24H24N8. The number of aromatic nitrogens is 5. The fourth-order valence-corrected chi connectivity index (χ4v) is 4.78. The number of hydrogen-bond donors (Lipinski definition) is 1. The zero-order valence-electron chi connectivity index (χ0n) is 17.9. The van der Waals surface area contributed by atoms with Crippen molar-refractivity contribution in [1.82, 2.24) is 29.8 Å². The predicted octanol–water partition coefficient (Wildman–Crippen LogP) is 2.84. The molecule has 6 heterocycles. The Kier molecular flexibility index (Phi) is 4.46. The van der Waals surface area contributed by atoms with E-state index in [2.05, 4.69) is 35.8 Å². The summed E-state index contributed by atoms with van der Waals surface area (Å²) in [5.41, 5.74) is 9.03. The third-order valence-corrected chi connectivity index (χ3v) is 6.51. The topological polar surface area (TPSA) is 97.0 Å². The Morgan fingerprint density at radius 3 is 2.47 bits per heavy atom. The summed E-state index contributed by atoms with van der Waals surface area (Å²) >= 11 is 0. The number of nitrogen functional groups attached to an aromatic ring is 1. The summed E-state index contributed by atoms with van der Waals surface area (Å²) in [6.07, 6.45) is 6.97. The first-order valence-corrected chi connectivity index (χ1v) is 10.9. The van der Waals surface area contributed by atoms with Gasteiger partial charge in [0.15, 0.2) is 5.82 Å². The summed E-state index contributed by atoms with van der Waals surface area (Å²) in [5.74, 6) is 2.91. The molecule has 2 unspecified atom stereocenters. The number of anilines is 2. The molecule has 0 aliphatic carbocycles. The van der Waals surface area contributed by atoms with Gasteiger partial charge in [0.2, 0.25) is 0 Å². The lowest BCUT2D eigenvalue weighted by Gasteiger charge is -2.56. The van der Waals surface area contributed by atoms with Gasteiger partial charge in [-0.2, -0.15) is 0 Å². The molecule has 2 atom stereocenters. The van der Waals surface area contributed by atoms with Gasteiger partial charge >= 0.3 is 0 Å². The van der Waals surface area contributed by atoms with Crippen molar-refractivity contribution in [2.24, 2.45) is 0 Å². The molecule has 1 aromatic carbocycles. The maximum absolute atomic E-state index is 6.14. The monoisotopic (exact) mass is 424 g/mol. The highest BCUT2D eigenvalue weighted by Crippen LogP contribution is 2.35. The van der Waals surface area contributed by atoms with Gasteiger partial charge in [-0.3, -0.25) is 4.90 Å². The molecule has 8 heteroatoms. The van der Waals surface area contributed by atoms with Crippen LogP contribution in [0.25, 0.3) is 22.3 Å². The molecule has 32 heavy (non-hydrogen) atoms. The normalized spacial score (nSPS) is 20.3.